The van der Waals surface area contributed by atoms with Crippen molar-refractivity contribution >= 4 is 17.9 Å². The van der Waals surface area contributed by atoms with Gasteiger partial charge in [0.2, 0.25) is 0 Å². The first-order valence-corrected chi connectivity index (χ1v) is 7.55. The number of nitrogens with zero attached hydrogens (tertiary/aromatic N) is 1. The molecule has 0 bridgehead atoms. The number of carbonyl (C=O) groups is 1. The van der Waals surface area contributed by atoms with Crippen molar-refractivity contribution in [2.45, 2.75) is 18.6 Å². The molecule has 1 aromatic carbocycles. The number of hydrogen-bond donors (Lipinski definition) is 0. The van der Waals surface area contributed by atoms with Crippen LogP contribution in [0.2, 0.25) is 0 Å². The molecule has 1 saturated heterocycles. The van der Waals surface area contributed by atoms with Crippen molar-refractivity contribution in [2.24, 2.45) is 0 Å². The molecule has 0 aliphatic carbocycles. The Morgan fingerprint density at radius 3 is 3.00 bits per heavy atom. The van der Waals surface area contributed by atoms with Gasteiger partial charge in [0, 0.05) is 29.7 Å². The number of carbonyl (C=O) groups excluding carboxylic acids is 1. The molecule has 0 spiro atoms. The first-order chi connectivity index (χ1) is 9.22. The molecule has 1 aliphatic rings. The van der Waals surface area contributed by atoms with Crippen molar-refractivity contribution < 1.29 is 13.9 Å². The van der Waals surface area contributed by atoms with E-state index in [1.165, 1.54) is 6.07 Å². The van der Waals surface area contributed by atoms with Crippen LogP contribution < -0.4 is 0 Å². The number of halogens is 1. The number of ether oxygens (including phenoxy) is 1. The van der Waals surface area contributed by atoms with Gasteiger partial charge in [-0.2, -0.15) is 11.8 Å². The monoisotopic (exact) mass is 283 g/mol. The largest absolute Gasteiger partial charge is 0.450 e. The first kappa shape index (κ1) is 14.2. The van der Waals surface area contributed by atoms with Crippen molar-refractivity contribution in [1.29, 1.82) is 0 Å². The highest BCUT2D eigenvalue weighted by Crippen LogP contribution is 2.35. The molecule has 0 radical (unpaired) electrons. The highest BCUT2D eigenvalue weighted by Gasteiger charge is 2.24. The van der Waals surface area contributed by atoms with Gasteiger partial charge < -0.3 is 9.64 Å². The van der Waals surface area contributed by atoms with Crippen LogP contribution in [-0.2, 0) is 4.74 Å². The van der Waals surface area contributed by atoms with Gasteiger partial charge in [0.1, 0.15) is 5.82 Å². The maximum Gasteiger partial charge on any atom is 0.409 e. The van der Waals surface area contributed by atoms with Crippen LogP contribution in [0.5, 0.6) is 0 Å². The zero-order valence-electron chi connectivity index (χ0n) is 11.0. The molecule has 19 heavy (non-hydrogen) atoms. The van der Waals surface area contributed by atoms with Gasteiger partial charge >= 0.3 is 6.09 Å². The molecular weight excluding hydrogens is 265 g/mol. The number of thioether (sulfide) groups is 1. The predicted octanol–water partition coefficient (Wildman–Crippen LogP) is 3.46. The minimum atomic E-state index is -0.266. The van der Waals surface area contributed by atoms with E-state index in [0.29, 0.717) is 19.7 Å². The summed E-state index contributed by atoms with van der Waals surface area (Å²) in [7, 11) is 0. The molecule has 1 aromatic rings. The Kier molecular flexibility index (Phi) is 5.07. The average molecular weight is 283 g/mol. The van der Waals surface area contributed by atoms with Gasteiger partial charge in [-0.3, -0.25) is 0 Å². The third kappa shape index (κ3) is 3.62. The lowest BCUT2D eigenvalue weighted by molar-refractivity contribution is 0.109. The standard InChI is InChI=1S/C14H18FNO2S/c1-2-18-14(17)16-8-7-13(19-10-9-16)11-5-3-4-6-12(11)15/h3-6,13H,2,7-10H2,1H3/t13-/m0/s1. The summed E-state index contributed by atoms with van der Waals surface area (Å²) in [6.07, 6.45) is 0.488. The van der Waals surface area contributed by atoms with Crippen molar-refractivity contribution in [2.75, 3.05) is 25.4 Å². The van der Waals surface area contributed by atoms with Crippen LogP contribution in [0.15, 0.2) is 24.3 Å². The zero-order valence-corrected chi connectivity index (χ0v) is 11.8. The fourth-order valence-corrected chi connectivity index (χ4v) is 3.41. The van der Waals surface area contributed by atoms with Crippen LogP contribution in [0.3, 0.4) is 0 Å². The minimum Gasteiger partial charge on any atom is -0.450 e. The summed E-state index contributed by atoms with van der Waals surface area (Å²) >= 11 is 1.70. The second-order valence-electron chi connectivity index (χ2n) is 4.36. The maximum absolute atomic E-state index is 13.8. The molecule has 1 amide bonds. The summed E-state index contributed by atoms with van der Waals surface area (Å²) in [5.41, 5.74) is 0.734. The Hall–Kier alpha value is -1.23. The zero-order chi connectivity index (χ0) is 13.7. The molecule has 0 N–H and O–H groups in total. The second-order valence-corrected chi connectivity index (χ2v) is 5.67. The molecule has 1 atom stereocenters. The third-order valence-electron chi connectivity index (χ3n) is 3.12. The van der Waals surface area contributed by atoms with Gasteiger partial charge in [-0.1, -0.05) is 18.2 Å². The normalized spacial score (nSPS) is 19.9. The van der Waals surface area contributed by atoms with Gasteiger partial charge in [-0.25, -0.2) is 9.18 Å². The van der Waals surface area contributed by atoms with Gasteiger partial charge in [-0.15, -0.1) is 0 Å². The Morgan fingerprint density at radius 2 is 2.26 bits per heavy atom. The van der Waals surface area contributed by atoms with Crippen LogP contribution in [-0.4, -0.2) is 36.4 Å². The quantitative estimate of drug-likeness (QED) is 0.832. The van der Waals surface area contributed by atoms with E-state index in [2.05, 4.69) is 0 Å². The molecule has 1 aliphatic heterocycles. The smallest absolute Gasteiger partial charge is 0.409 e. The summed E-state index contributed by atoms with van der Waals surface area (Å²) in [4.78, 5) is 13.4. The Balaban J connectivity index is 2.01. The van der Waals surface area contributed by atoms with E-state index in [-0.39, 0.29) is 17.2 Å². The summed E-state index contributed by atoms with van der Waals surface area (Å²) in [5.74, 6) is 0.641. The van der Waals surface area contributed by atoms with E-state index >= 15 is 0 Å². The summed E-state index contributed by atoms with van der Waals surface area (Å²) in [5, 5.41) is 0.112. The van der Waals surface area contributed by atoms with Gasteiger partial charge in [-0.05, 0) is 19.4 Å². The van der Waals surface area contributed by atoms with E-state index in [4.69, 9.17) is 4.74 Å². The molecule has 5 heteroatoms. The van der Waals surface area contributed by atoms with Crippen molar-refractivity contribution in [3.8, 4) is 0 Å². The predicted molar refractivity (Wildman–Crippen MR) is 74.8 cm³/mol. The van der Waals surface area contributed by atoms with Crippen molar-refractivity contribution in [1.82, 2.24) is 4.90 Å². The summed E-state index contributed by atoms with van der Waals surface area (Å²) in [6.45, 7) is 3.46. The number of hydrogen-bond acceptors (Lipinski definition) is 3. The van der Waals surface area contributed by atoms with E-state index in [1.54, 1.807) is 29.7 Å². The van der Waals surface area contributed by atoms with Crippen LogP contribution in [0.4, 0.5) is 9.18 Å². The van der Waals surface area contributed by atoms with Crippen LogP contribution in [0, 0.1) is 5.82 Å². The van der Waals surface area contributed by atoms with Gasteiger partial charge in [0.05, 0.1) is 6.61 Å². The van der Waals surface area contributed by atoms with Crippen LogP contribution in [0.1, 0.15) is 24.2 Å². The highest BCUT2D eigenvalue weighted by atomic mass is 32.2. The molecule has 2 rings (SSSR count). The fourth-order valence-electron chi connectivity index (χ4n) is 2.15. The highest BCUT2D eigenvalue weighted by molar-refractivity contribution is 7.99. The fraction of sp³-hybridized carbons (Fsp3) is 0.500. The average Bonchev–Trinajstić information content (AvgIpc) is 2.65. The van der Waals surface area contributed by atoms with Crippen LogP contribution in [0.25, 0.3) is 0 Å². The molecule has 0 saturated carbocycles. The van der Waals surface area contributed by atoms with E-state index in [9.17, 15) is 9.18 Å². The minimum absolute atomic E-state index is 0.112. The number of benzene rings is 1. The van der Waals surface area contributed by atoms with E-state index in [0.717, 1.165) is 17.7 Å². The molecule has 1 heterocycles. The summed E-state index contributed by atoms with van der Waals surface area (Å²) < 4.78 is 18.8. The van der Waals surface area contributed by atoms with E-state index < -0.39 is 0 Å². The maximum atomic E-state index is 13.8. The Morgan fingerprint density at radius 1 is 1.47 bits per heavy atom. The molecular formula is C14H18FNO2S. The van der Waals surface area contributed by atoms with Gasteiger partial charge in [0.25, 0.3) is 0 Å². The summed E-state index contributed by atoms with van der Waals surface area (Å²) in [6, 6.07) is 6.87. The van der Waals surface area contributed by atoms with Crippen LogP contribution >= 0.6 is 11.8 Å². The number of amides is 1. The molecule has 0 unspecified atom stereocenters. The van der Waals surface area contributed by atoms with Gasteiger partial charge in [0.15, 0.2) is 0 Å². The molecule has 3 nitrogen and oxygen atoms in total. The topological polar surface area (TPSA) is 29.5 Å². The second kappa shape index (κ2) is 6.80. The lowest BCUT2D eigenvalue weighted by Crippen LogP contribution is -2.33. The molecule has 0 aromatic heterocycles. The van der Waals surface area contributed by atoms with Crippen molar-refractivity contribution in [3.05, 3.63) is 35.6 Å². The lowest BCUT2D eigenvalue weighted by atomic mass is 10.1. The van der Waals surface area contributed by atoms with Crippen molar-refractivity contribution in [3.63, 3.8) is 0 Å². The molecule has 104 valence electrons. The number of rotatable bonds is 2. The lowest BCUT2D eigenvalue weighted by Gasteiger charge is -2.19. The van der Waals surface area contributed by atoms with E-state index in [1.807, 2.05) is 12.1 Å². The Bertz CT molecular complexity index is 441. The first-order valence-electron chi connectivity index (χ1n) is 6.50. The Labute approximate surface area is 117 Å². The SMILES string of the molecule is CCOC(=O)N1CCS[C@H](c2ccccc2F)CC1. The molecule has 1 fully saturated rings. The third-order valence-corrected chi connectivity index (χ3v) is 4.43.